The molecule has 0 unspecified atom stereocenters. The smallest absolute Gasteiger partial charge is 0.149 e. The average Bonchev–Trinajstić information content (AvgIpc) is 2.48. The lowest BCUT2D eigenvalue weighted by Crippen LogP contribution is -1.98. The Labute approximate surface area is 127 Å². The summed E-state index contributed by atoms with van der Waals surface area (Å²) in [5.74, 6) is -1.33. The second-order valence-corrected chi connectivity index (χ2v) is 5.33. The summed E-state index contributed by atoms with van der Waals surface area (Å²) < 4.78 is 27.3. The van der Waals surface area contributed by atoms with E-state index < -0.39 is 11.6 Å². The van der Waals surface area contributed by atoms with Crippen molar-refractivity contribution in [2.24, 2.45) is 0 Å². The van der Waals surface area contributed by atoms with Crippen LogP contribution in [0.5, 0.6) is 0 Å². The van der Waals surface area contributed by atoms with Gasteiger partial charge in [0.25, 0.3) is 0 Å². The average molecular weight is 350 g/mol. The van der Waals surface area contributed by atoms with E-state index in [2.05, 4.69) is 26.2 Å². The zero-order valence-electron chi connectivity index (χ0n) is 10.7. The van der Waals surface area contributed by atoms with Crippen LogP contribution in [0.4, 0.5) is 25.8 Å². The fourth-order valence-corrected chi connectivity index (χ4v) is 2.41. The zero-order chi connectivity index (χ0) is 15.0. The monoisotopic (exact) mass is 349 g/mol. The number of fused-ring (bicyclic) bond motifs is 1. The van der Waals surface area contributed by atoms with Gasteiger partial charge >= 0.3 is 0 Å². The van der Waals surface area contributed by atoms with Crippen molar-refractivity contribution in [2.45, 2.75) is 0 Å². The Morgan fingerprint density at radius 1 is 1.05 bits per heavy atom. The normalized spacial score (nSPS) is 10.8. The van der Waals surface area contributed by atoms with E-state index in [-0.39, 0.29) is 10.2 Å². The van der Waals surface area contributed by atoms with Crippen LogP contribution in [0.3, 0.4) is 0 Å². The molecule has 0 aliphatic carbocycles. The summed E-state index contributed by atoms with van der Waals surface area (Å²) in [5, 5.41) is 3.70. The lowest BCUT2D eigenvalue weighted by atomic mass is 10.1. The molecule has 106 valence electrons. The molecule has 0 saturated heterocycles. The molecule has 21 heavy (non-hydrogen) atoms. The number of benzene rings is 2. The molecule has 6 heteroatoms. The fourth-order valence-electron chi connectivity index (χ4n) is 2.07. The van der Waals surface area contributed by atoms with Crippen LogP contribution in [-0.2, 0) is 0 Å². The number of nitrogen functional groups attached to an aromatic ring is 1. The highest BCUT2D eigenvalue weighted by atomic mass is 79.9. The summed E-state index contributed by atoms with van der Waals surface area (Å²) >= 11 is 3.04. The molecule has 1 heterocycles. The van der Waals surface area contributed by atoms with Crippen LogP contribution < -0.4 is 11.1 Å². The van der Waals surface area contributed by atoms with Gasteiger partial charge in [0.1, 0.15) is 11.6 Å². The van der Waals surface area contributed by atoms with E-state index in [1.54, 1.807) is 24.4 Å². The number of hydrogen-bond donors (Lipinski definition) is 2. The second kappa shape index (κ2) is 5.29. The Hall–Kier alpha value is -2.21. The molecule has 0 spiro atoms. The molecule has 3 N–H and O–H groups in total. The highest BCUT2D eigenvalue weighted by Gasteiger charge is 2.11. The summed E-state index contributed by atoms with van der Waals surface area (Å²) in [4.78, 5) is 4.21. The van der Waals surface area contributed by atoms with Gasteiger partial charge in [0.05, 0.1) is 21.4 Å². The van der Waals surface area contributed by atoms with Crippen LogP contribution >= 0.6 is 15.9 Å². The SMILES string of the molecule is Nc1ccc(Nc2cc(Br)c(F)cc2F)c2cccnc12. The fraction of sp³-hybridized carbons (Fsp3) is 0. The molecular formula is C15H10BrF2N3. The van der Waals surface area contributed by atoms with Crippen LogP contribution in [0.1, 0.15) is 0 Å². The molecule has 0 bridgehead atoms. The Kier molecular flexibility index (Phi) is 3.47. The maximum Gasteiger partial charge on any atom is 0.149 e. The van der Waals surface area contributed by atoms with E-state index in [4.69, 9.17) is 5.73 Å². The summed E-state index contributed by atoms with van der Waals surface area (Å²) in [6.45, 7) is 0. The van der Waals surface area contributed by atoms with Crippen LogP contribution in [0.25, 0.3) is 10.9 Å². The minimum Gasteiger partial charge on any atom is -0.397 e. The van der Waals surface area contributed by atoms with Gasteiger partial charge in [-0.25, -0.2) is 8.78 Å². The molecule has 3 rings (SSSR count). The highest BCUT2D eigenvalue weighted by Crippen LogP contribution is 2.31. The number of halogens is 3. The number of pyridine rings is 1. The van der Waals surface area contributed by atoms with Gasteiger partial charge in [-0.2, -0.15) is 0 Å². The van der Waals surface area contributed by atoms with Gasteiger partial charge in [0.15, 0.2) is 0 Å². The lowest BCUT2D eigenvalue weighted by molar-refractivity contribution is 0.581. The number of hydrogen-bond acceptors (Lipinski definition) is 3. The van der Waals surface area contributed by atoms with Crippen molar-refractivity contribution in [1.29, 1.82) is 0 Å². The number of anilines is 3. The van der Waals surface area contributed by atoms with Gasteiger partial charge in [-0.3, -0.25) is 4.98 Å². The van der Waals surface area contributed by atoms with E-state index in [9.17, 15) is 8.78 Å². The largest absolute Gasteiger partial charge is 0.397 e. The first-order chi connectivity index (χ1) is 10.1. The Morgan fingerprint density at radius 3 is 2.67 bits per heavy atom. The van der Waals surface area contributed by atoms with E-state index in [0.717, 1.165) is 11.5 Å². The molecule has 0 atom stereocenters. The van der Waals surface area contributed by atoms with E-state index in [0.29, 0.717) is 16.9 Å². The molecule has 0 saturated carbocycles. The Morgan fingerprint density at radius 2 is 1.86 bits per heavy atom. The number of nitrogens with zero attached hydrogens (tertiary/aromatic N) is 1. The predicted molar refractivity (Wildman–Crippen MR) is 83.5 cm³/mol. The number of aromatic nitrogens is 1. The van der Waals surface area contributed by atoms with Crippen LogP contribution in [0, 0.1) is 11.6 Å². The standard InChI is InChI=1S/C15H10BrF2N3/c16-9-6-14(11(18)7-10(9)17)21-13-4-3-12(19)15-8(13)2-1-5-20-15/h1-7,21H,19H2. The third kappa shape index (κ3) is 2.54. The van der Waals surface area contributed by atoms with Crippen molar-refractivity contribution in [3.63, 3.8) is 0 Å². The molecule has 0 aliphatic heterocycles. The van der Waals surface area contributed by atoms with Crippen LogP contribution in [-0.4, -0.2) is 4.98 Å². The minimum absolute atomic E-state index is 0.165. The summed E-state index contributed by atoms with van der Waals surface area (Å²) in [6.07, 6.45) is 1.64. The maximum atomic E-state index is 13.8. The van der Waals surface area contributed by atoms with Gasteiger partial charge < -0.3 is 11.1 Å². The van der Waals surface area contributed by atoms with Gasteiger partial charge in [-0.05, 0) is 46.3 Å². The first-order valence-corrected chi connectivity index (χ1v) is 6.90. The third-order valence-corrected chi connectivity index (χ3v) is 3.69. The number of rotatable bonds is 2. The van der Waals surface area contributed by atoms with Gasteiger partial charge in [0, 0.05) is 23.3 Å². The molecule has 3 nitrogen and oxygen atoms in total. The van der Waals surface area contributed by atoms with Crippen molar-refractivity contribution >= 4 is 43.9 Å². The highest BCUT2D eigenvalue weighted by molar-refractivity contribution is 9.10. The lowest BCUT2D eigenvalue weighted by Gasteiger charge is -2.12. The molecule has 2 aromatic carbocycles. The number of nitrogens with two attached hydrogens (primary N) is 1. The van der Waals surface area contributed by atoms with Crippen LogP contribution in [0.15, 0.2) is 47.1 Å². The summed E-state index contributed by atoms with van der Waals surface area (Å²) in [5.41, 5.74) is 7.85. The minimum atomic E-state index is -0.676. The van der Waals surface area contributed by atoms with E-state index in [1.165, 1.54) is 6.07 Å². The second-order valence-electron chi connectivity index (χ2n) is 4.47. The van der Waals surface area contributed by atoms with Gasteiger partial charge in [-0.1, -0.05) is 0 Å². The molecule has 1 aromatic heterocycles. The van der Waals surface area contributed by atoms with Crippen molar-refractivity contribution in [3.8, 4) is 0 Å². The molecule has 0 radical (unpaired) electrons. The first kappa shape index (κ1) is 13.8. The zero-order valence-corrected chi connectivity index (χ0v) is 12.3. The Bertz CT molecular complexity index is 837. The van der Waals surface area contributed by atoms with Crippen molar-refractivity contribution in [3.05, 3.63) is 58.7 Å². The molecule has 0 amide bonds. The first-order valence-electron chi connectivity index (χ1n) is 6.11. The van der Waals surface area contributed by atoms with Crippen molar-refractivity contribution in [1.82, 2.24) is 4.98 Å². The summed E-state index contributed by atoms with van der Waals surface area (Å²) in [6, 6.07) is 9.19. The molecule has 0 aliphatic rings. The topological polar surface area (TPSA) is 50.9 Å². The van der Waals surface area contributed by atoms with E-state index in [1.807, 2.05) is 6.07 Å². The summed E-state index contributed by atoms with van der Waals surface area (Å²) in [7, 11) is 0. The third-order valence-electron chi connectivity index (χ3n) is 3.08. The van der Waals surface area contributed by atoms with Crippen molar-refractivity contribution < 1.29 is 8.78 Å². The van der Waals surface area contributed by atoms with E-state index >= 15 is 0 Å². The van der Waals surface area contributed by atoms with Gasteiger partial charge in [-0.15, -0.1) is 0 Å². The Balaban J connectivity index is 2.11. The van der Waals surface area contributed by atoms with Gasteiger partial charge in [0.2, 0.25) is 0 Å². The van der Waals surface area contributed by atoms with Crippen molar-refractivity contribution in [2.75, 3.05) is 11.1 Å². The molecular weight excluding hydrogens is 340 g/mol. The predicted octanol–water partition coefficient (Wildman–Crippen LogP) is 4.60. The number of nitrogens with one attached hydrogen (secondary N) is 1. The van der Waals surface area contributed by atoms with Crippen LogP contribution in [0.2, 0.25) is 0 Å². The molecule has 0 fully saturated rings. The molecule has 3 aromatic rings. The quantitative estimate of drug-likeness (QED) is 0.525. The maximum absolute atomic E-state index is 13.8.